The van der Waals surface area contributed by atoms with Gasteiger partial charge in [-0.1, -0.05) is 0 Å². The lowest BCUT2D eigenvalue weighted by Crippen LogP contribution is -2.42. The van der Waals surface area contributed by atoms with Crippen LogP contribution in [0.2, 0.25) is 0 Å². The van der Waals surface area contributed by atoms with Crippen LogP contribution in [0, 0.1) is 0 Å². The first-order valence-electron chi connectivity index (χ1n) is 4.77. The van der Waals surface area contributed by atoms with Crippen molar-refractivity contribution in [1.29, 1.82) is 0 Å². The van der Waals surface area contributed by atoms with E-state index in [0.717, 1.165) is 0 Å². The van der Waals surface area contributed by atoms with E-state index in [1.54, 1.807) is 0 Å². The van der Waals surface area contributed by atoms with Crippen LogP contribution >= 0.6 is 0 Å². The van der Waals surface area contributed by atoms with Crippen molar-refractivity contribution in [3.63, 3.8) is 0 Å². The molecule has 1 rings (SSSR count). The van der Waals surface area contributed by atoms with Crippen LogP contribution in [0.1, 0.15) is 10.4 Å². The van der Waals surface area contributed by atoms with E-state index >= 15 is 0 Å². The largest absolute Gasteiger partial charge is 0.480 e. The van der Waals surface area contributed by atoms with Crippen LogP contribution in [0.5, 0.6) is 0 Å². The fourth-order valence-electron chi connectivity index (χ4n) is 1.26. The average molecular weight is 262 g/mol. The van der Waals surface area contributed by atoms with Crippen molar-refractivity contribution < 1.29 is 27.9 Å². The van der Waals surface area contributed by atoms with E-state index in [9.17, 15) is 22.8 Å². The quantitative estimate of drug-likeness (QED) is 0.884. The first-order valence-corrected chi connectivity index (χ1v) is 4.77. The maximum absolute atomic E-state index is 12.2. The van der Waals surface area contributed by atoms with Crippen LogP contribution in [0.3, 0.4) is 0 Å². The summed E-state index contributed by atoms with van der Waals surface area (Å²) >= 11 is 0. The molecule has 0 aliphatic heterocycles. The van der Waals surface area contributed by atoms with E-state index < -0.39 is 31.1 Å². The van der Waals surface area contributed by atoms with Crippen molar-refractivity contribution in [2.45, 2.75) is 6.18 Å². The van der Waals surface area contributed by atoms with Gasteiger partial charge in [0.25, 0.3) is 5.91 Å². The van der Waals surface area contributed by atoms with Crippen molar-refractivity contribution in [2.75, 3.05) is 13.1 Å². The Morgan fingerprint density at radius 2 is 1.83 bits per heavy atom. The zero-order valence-electron chi connectivity index (χ0n) is 9.02. The third-order valence-electron chi connectivity index (χ3n) is 1.91. The number of halogens is 3. The zero-order chi connectivity index (χ0) is 13.8. The van der Waals surface area contributed by atoms with Gasteiger partial charge in [-0.25, -0.2) is 0 Å². The highest BCUT2D eigenvalue weighted by Crippen LogP contribution is 2.17. The van der Waals surface area contributed by atoms with Crippen LogP contribution in [0.15, 0.2) is 24.5 Å². The van der Waals surface area contributed by atoms with Gasteiger partial charge in [0.1, 0.15) is 13.1 Å². The third-order valence-corrected chi connectivity index (χ3v) is 1.91. The number of amides is 1. The second-order valence-corrected chi connectivity index (χ2v) is 3.41. The average Bonchev–Trinajstić information content (AvgIpc) is 2.26. The minimum absolute atomic E-state index is 0.0458. The topological polar surface area (TPSA) is 70.5 Å². The molecule has 0 aromatic carbocycles. The number of aliphatic carboxylic acids is 1. The SMILES string of the molecule is O=C(O)CN(CC(F)(F)F)C(=O)c1ccncc1. The van der Waals surface area contributed by atoms with E-state index in [1.807, 2.05) is 0 Å². The molecule has 8 heteroatoms. The Balaban J connectivity index is 2.89. The molecule has 1 aromatic rings. The van der Waals surface area contributed by atoms with Crippen LogP contribution in [0.4, 0.5) is 13.2 Å². The summed E-state index contributed by atoms with van der Waals surface area (Å²) < 4.78 is 36.7. The van der Waals surface area contributed by atoms with Gasteiger partial charge in [-0.15, -0.1) is 0 Å². The van der Waals surface area contributed by atoms with Gasteiger partial charge in [-0.2, -0.15) is 13.2 Å². The summed E-state index contributed by atoms with van der Waals surface area (Å²) in [5.74, 6) is -2.52. The second kappa shape index (κ2) is 5.48. The Hall–Kier alpha value is -2.12. The first-order chi connectivity index (χ1) is 8.29. The number of rotatable bonds is 4. The number of aromatic nitrogens is 1. The lowest BCUT2D eigenvalue weighted by Gasteiger charge is -2.22. The van der Waals surface area contributed by atoms with Crippen molar-refractivity contribution in [3.05, 3.63) is 30.1 Å². The van der Waals surface area contributed by atoms with Crippen LogP contribution in [0.25, 0.3) is 0 Å². The van der Waals surface area contributed by atoms with Gasteiger partial charge in [-0.05, 0) is 12.1 Å². The maximum Gasteiger partial charge on any atom is 0.406 e. The summed E-state index contributed by atoms with van der Waals surface area (Å²) in [4.78, 5) is 26.0. The van der Waals surface area contributed by atoms with E-state index in [2.05, 4.69) is 4.98 Å². The first kappa shape index (κ1) is 13.9. The molecular weight excluding hydrogens is 253 g/mol. The summed E-state index contributed by atoms with van der Waals surface area (Å²) in [7, 11) is 0. The normalized spacial score (nSPS) is 11.1. The highest BCUT2D eigenvalue weighted by molar-refractivity contribution is 5.95. The molecule has 1 aromatic heterocycles. The summed E-state index contributed by atoms with van der Waals surface area (Å²) in [5, 5.41) is 8.50. The number of pyridine rings is 1. The third kappa shape index (κ3) is 4.40. The molecule has 98 valence electrons. The number of carbonyl (C=O) groups is 2. The Kier molecular flexibility index (Phi) is 4.24. The van der Waals surface area contributed by atoms with Gasteiger partial charge in [0, 0.05) is 18.0 Å². The number of carbonyl (C=O) groups excluding carboxylic acids is 1. The molecule has 0 spiro atoms. The van der Waals surface area contributed by atoms with Crippen LogP contribution < -0.4 is 0 Å². The highest BCUT2D eigenvalue weighted by atomic mass is 19.4. The Morgan fingerprint density at radius 3 is 2.28 bits per heavy atom. The number of carboxylic acids is 1. The second-order valence-electron chi connectivity index (χ2n) is 3.41. The van der Waals surface area contributed by atoms with E-state index in [4.69, 9.17) is 5.11 Å². The number of nitrogens with zero attached hydrogens (tertiary/aromatic N) is 2. The fourth-order valence-corrected chi connectivity index (χ4v) is 1.26. The van der Waals surface area contributed by atoms with E-state index in [0.29, 0.717) is 0 Å². The smallest absolute Gasteiger partial charge is 0.406 e. The van der Waals surface area contributed by atoms with Crippen molar-refractivity contribution >= 4 is 11.9 Å². The van der Waals surface area contributed by atoms with Crippen molar-refractivity contribution in [2.24, 2.45) is 0 Å². The summed E-state index contributed by atoms with van der Waals surface area (Å²) in [6, 6.07) is 2.43. The molecule has 0 atom stereocenters. The van der Waals surface area contributed by atoms with Gasteiger partial charge in [0.15, 0.2) is 0 Å². The summed E-state index contributed by atoms with van der Waals surface area (Å²) in [5.41, 5.74) is -0.0458. The molecule has 0 unspecified atom stereocenters. The van der Waals surface area contributed by atoms with Gasteiger partial charge < -0.3 is 10.0 Å². The molecule has 18 heavy (non-hydrogen) atoms. The standard InChI is InChI=1S/C10H9F3N2O3/c11-10(12,13)6-15(5-8(16)17)9(18)7-1-3-14-4-2-7/h1-4H,5-6H2,(H,16,17). The Labute approximate surface area is 99.8 Å². The maximum atomic E-state index is 12.2. The molecule has 0 saturated heterocycles. The molecule has 0 fully saturated rings. The highest BCUT2D eigenvalue weighted by Gasteiger charge is 2.34. The number of alkyl halides is 3. The monoisotopic (exact) mass is 262 g/mol. The minimum atomic E-state index is -4.65. The van der Waals surface area contributed by atoms with Crippen molar-refractivity contribution in [1.82, 2.24) is 9.88 Å². The van der Waals surface area contributed by atoms with Crippen LogP contribution in [-0.2, 0) is 4.79 Å². The Morgan fingerprint density at radius 1 is 1.28 bits per heavy atom. The predicted octanol–water partition coefficient (Wildman–Crippen LogP) is 1.17. The lowest BCUT2D eigenvalue weighted by molar-refractivity contribution is -0.149. The molecule has 0 bridgehead atoms. The molecule has 5 nitrogen and oxygen atoms in total. The van der Waals surface area contributed by atoms with Gasteiger partial charge in [0.05, 0.1) is 0 Å². The van der Waals surface area contributed by atoms with Gasteiger partial charge >= 0.3 is 12.1 Å². The predicted molar refractivity (Wildman–Crippen MR) is 53.8 cm³/mol. The fraction of sp³-hybridized carbons (Fsp3) is 0.300. The molecule has 1 amide bonds. The summed E-state index contributed by atoms with van der Waals surface area (Å²) in [6.45, 7) is -2.62. The number of hydrogen-bond acceptors (Lipinski definition) is 3. The molecule has 0 aliphatic carbocycles. The van der Waals surface area contributed by atoms with Gasteiger partial charge in [-0.3, -0.25) is 14.6 Å². The molecular formula is C10H9F3N2O3. The molecule has 0 radical (unpaired) electrons. The molecule has 0 saturated carbocycles. The molecule has 1 N–H and O–H groups in total. The number of carboxylic acid groups (broad SMARTS) is 1. The zero-order valence-corrected chi connectivity index (χ0v) is 9.02. The van der Waals surface area contributed by atoms with Gasteiger partial charge in [0.2, 0.25) is 0 Å². The Bertz CT molecular complexity index is 434. The minimum Gasteiger partial charge on any atom is -0.480 e. The van der Waals surface area contributed by atoms with E-state index in [-0.39, 0.29) is 10.5 Å². The van der Waals surface area contributed by atoms with Crippen LogP contribution in [-0.4, -0.2) is 46.1 Å². The number of hydrogen-bond donors (Lipinski definition) is 1. The lowest BCUT2D eigenvalue weighted by atomic mass is 10.2. The molecule has 1 heterocycles. The van der Waals surface area contributed by atoms with E-state index in [1.165, 1.54) is 24.5 Å². The summed E-state index contributed by atoms with van der Waals surface area (Å²) in [6.07, 6.45) is -2.18. The molecule has 0 aliphatic rings. The van der Waals surface area contributed by atoms with Crippen molar-refractivity contribution in [3.8, 4) is 0 Å².